The fourth-order valence-electron chi connectivity index (χ4n) is 3.43. The Balaban J connectivity index is 1.37. The van der Waals surface area contributed by atoms with Crippen molar-refractivity contribution in [3.8, 4) is 0 Å². The lowest BCUT2D eigenvalue weighted by Gasteiger charge is -2.36. The van der Waals surface area contributed by atoms with E-state index in [4.69, 9.17) is 5.73 Å². The molecule has 1 aromatic heterocycles. The van der Waals surface area contributed by atoms with Crippen molar-refractivity contribution in [3.05, 3.63) is 77.7 Å². The molecule has 2 aromatic carbocycles. The van der Waals surface area contributed by atoms with Crippen LogP contribution in [0.3, 0.4) is 0 Å². The van der Waals surface area contributed by atoms with Crippen molar-refractivity contribution in [1.82, 2.24) is 15.3 Å². The van der Waals surface area contributed by atoms with Crippen LogP contribution in [-0.4, -0.2) is 42.1 Å². The smallest absolute Gasteiger partial charge is 0.256 e. The maximum Gasteiger partial charge on any atom is 0.256 e. The van der Waals surface area contributed by atoms with Gasteiger partial charge in [0.2, 0.25) is 5.95 Å². The van der Waals surface area contributed by atoms with Crippen molar-refractivity contribution in [2.75, 3.05) is 41.7 Å². The van der Waals surface area contributed by atoms with Gasteiger partial charge in [-0.2, -0.15) is 4.98 Å². The highest BCUT2D eigenvalue weighted by Crippen LogP contribution is 2.19. The summed E-state index contributed by atoms with van der Waals surface area (Å²) in [6.45, 7) is 3.27. The fraction of sp³-hybridized carbons (Fsp3) is 0.227. The molecule has 0 radical (unpaired) electrons. The van der Waals surface area contributed by atoms with Gasteiger partial charge in [-0.25, -0.2) is 9.37 Å². The molecular weight excluding hydrogens is 383 g/mol. The summed E-state index contributed by atoms with van der Waals surface area (Å²) >= 11 is 0. The van der Waals surface area contributed by atoms with E-state index in [9.17, 15) is 9.18 Å². The number of nitrogens with one attached hydrogen (secondary N) is 1. The zero-order valence-corrected chi connectivity index (χ0v) is 16.5. The van der Waals surface area contributed by atoms with E-state index < -0.39 is 5.91 Å². The molecule has 0 bridgehead atoms. The van der Waals surface area contributed by atoms with Crippen LogP contribution in [0.1, 0.15) is 15.9 Å². The van der Waals surface area contributed by atoms with Gasteiger partial charge in [0.1, 0.15) is 11.6 Å². The number of carbonyl (C=O) groups is 1. The average Bonchev–Trinajstić information content (AvgIpc) is 2.79. The number of halogens is 1. The minimum Gasteiger partial charge on any atom is -0.383 e. The molecule has 0 unspecified atom stereocenters. The van der Waals surface area contributed by atoms with Crippen molar-refractivity contribution in [2.24, 2.45) is 0 Å². The third kappa shape index (κ3) is 4.32. The highest BCUT2D eigenvalue weighted by atomic mass is 19.1. The van der Waals surface area contributed by atoms with Crippen LogP contribution >= 0.6 is 0 Å². The van der Waals surface area contributed by atoms with Gasteiger partial charge in [-0.1, -0.05) is 36.4 Å². The first-order valence-electron chi connectivity index (χ1n) is 9.81. The molecule has 7 nitrogen and oxygen atoms in total. The summed E-state index contributed by atoms with van der Waals surface area (Å²) in [5, 5.41) is 2.66. The second-order valence-corrected chi connectivity index (χ2v) is 7.05. The molecule has 1 fully saturated rings. The number of aromatic nitrogens is 2. The lowest BCUT2D eigenvalue weighted by molar-refractivity contribution is 0.0951. The number of nitrogens with two attached hydrogens (primary N) is 1. The van der Waals surface area contributed by atoms with E-state index in [1.165, 1.54) is 18.0 Å². The van der Waals surface area contributed by atoms with Crippen LogP contribution < -0.4 is 20.9 Å². The fourth-order valence-corrected chi connectivity index (χ4v) is 3.43. The Bertz CT molecular complexity index is 1020. The Hall–Kier alpha value is -3.68. The number of carbonyl (C=O) groups excluding carboxylic acids is 1. The SMILES string of the molecule is Nc1nc(N2CCN(c3ccccc3)CC2)ncc1C(=O)NCc1ccccc1F. The highest BCUT2D eigenvalue weighted by Gasteiger charge is 2.21. The molecule has 0 atom stereocenters. The van der Waals surface area contributed by atoms with Crippen molar-refractivity contribution in [1.29, 1.82) is 0 Å². The first-order valence-corrected chi connectivity index (χ1v) is 9.81. The maximum absolute atomic E-state index is 13.7. The summed E-state index contributed by atoms with van der Waals surface area (Å²) in [6, 6.07) is 16.5. The number of hydrogen-bond donors (Lipinski definition) is 2. The van der Waals surface area contributed by atoms with E-state index in [-0.39, 0.29) is 23.7 Å². The number of rotatable bonds is 5. The van der Waals surface area contributed by atoms with Crippen LogP contribution in [0.15, 0.2) is 60.8 Å². The summed E-state index contributed by atoms with van der Waals surface area (Å²) in [6.07, 6.45) is 1.43. The molecule has 154 valence electrons. The molecule has 30 heavy (non-hydrogen) atoms. The van der Waals surface area contributed by atoms with Gasteiger partial charge >= 0.3 is 0 Å². The molecule has 8 heteroatoms. The Labute approximate surface area is 174 Å². The maximum atomic E-state index is 13.7. The van der Waals surface area contributed by atoms with Gasteiger partial charge in [0.15, 0.2) is 0 Å². The van der Waals surface area contributed by atoms with Crippen molar-refractivity contribution >= 4 is 23.4 Å². The number of para-hydroxylation sites is 1. The van der Waals surface area contributed by atoms with Gasteiger partial charge < -0.3 is 20.9 Å². The number of anilines is 3. The lowest BCUT2D eigenvalue weighted by Crippen LogP contribution is -2.47. The van der Waals surface area contributed by atoms with Crippen molar-refractivity contribution in [3.63, 3.8) is 0 Å². The van der Waals surface area contributed by atoms with E-state index in [1.54, 1.807) is 18.2 Å². The number of nitrogen functional groups attached to an aromatic ring is 1. The summed E-state index contributed by atoms with van der Waals surface area (Å²) in [7, 11) is 0. The molecular formula is C22H23FN6O. The van der Waals surface area contributed by atoms with Crippen LogP contribution in [0, 0.1) is 5.82 Å². The van der Waals surface area contributed by atoms with Crippen molar-refractivity contribution in [2.45, 2.75) is 6.54 Å². The van der Waals surface area contributed by atoms with E-state index in [1.807, 2.05) is 18.2 Å². The van der Waals surface area contributed by atoms with Gasteiger partial charge in [-0.05, 0) is 18.2 Å². The topological polar surface area (TPSA) is 87.4 Å². The molecule has 0 aliphatic carbocycles. The number of benzene rings is 2. The third-order valence-corrected chi connectivity index (χ3v) is 5.13. The summed E-state index contributed by atoms with van der Waals surface area (Å²) in [4.78, 5) is 25.4. The Morgan fingerprint density at radius 3 is 2.37 bits per heavy atom. The van der Waals surface area contributed by atoms with E-state index in [0.717, 1.165) is 26.2 Å². The predicted octanol–water partition coefficient (Wildman–Crippen LogP) is 2.45. The molecule has 1 amide bonds. The van der Waals surface area contributed by atoms with E-state index in [0.29, 0.717) is 11.5 Å². The van der Waals surface area contributed by atoms with Crippen LogP contribution in [-0.2, 0) is 6.54 Å². The Morgan fingerprint density at radius 2 is 1.67 bits per heavy atom. The normalized spacial score (nSPS) is 13.9. The number of nitrogens with zero attached hydrogens (tertiary/aromatic N) is 4. The van der Waals surface area contributed by atoms with Crippen LogP contribution in [0.5, 0.6) is 0 Å². The van der Waals surface area contributed by atoms with Gasteiger partial charge in [-0.15, -0.1) is 0 Å². The third-order valence-electron chi connectivity index (χ3n) is 5.13. The molecule has 1 aliphatic heterocycles. The predicted molar refractivity (Wildman–Crippen MR) is 115 cm³/mol. The minimum absolute atomic E-state index is 0.0636. The zero-order chi connectivity index (χ0) is 20.9. The Morgan fingerprint density at radius 1 is 1.00 bits per heavy atom. The lowest BCUT2D eigenvalue weighted by atomic mass is 10.2. The summed E-state index contributed by atoms with van der Waals surface area (Å²) in [5.74, 6) is -0.189. The van der Waals surface area contributed by atoms with Gasteiger partial charge in [0.25, 0.3) is 5.91 Å². The van der Waals surface area contributed by atoms with Crippen LogP contribution in [0.4, 0.5) is 21.8 Å². The monoisotopic (exact) mass is 406 g/mol. The average molecular weight is 406 g/mol. The van der Waals surface area contributed by atoms with Gasteiger partial charge in [0.05, 0.1) is 5.56 Å². The molecule has 0 saturated carbocycles. The Kier molecular flexibility index (Phi) is 5.74. The van der Waals surface area contributed by atoms with Gasteiger partial charge in [0, 0.05) is 50.2 Å². The molecule has 2 heterocycles. The van der Waals surface area contributed by atoms with Crippen molar-refractivity contribution < 1.29 is 9.18 Å². The number of piperazine rings is 1. The largest absolute Gasteiger partial charge is 0.383 e. The minimum atomic E-state index is -0.434. The van der Waals surface area contributed by atoms with Crippen LogP contribution in [0.2, 0.25) is 0 Å². The molecule has 1 aliphatic rings. The second kappa shape index (κ2) is 8.77. The van der Waals surface area contributed by atoms with Crippen LogP contribution in [0.25, 0.3) is 0 Å². The molecule has 4 rings (SSSR count). The number of amides is 1. The van der Waals surface area contributed by atoms with Gasteiger partial charge in [-0.3, -0.25) is 4.79 Å². The molecule has 1 saturated heterocycles. The molecule has 3 N–H and O–H groups in total. The molecule has 3 aromatic rings. The highest BCUT2D eigenvalue weighted by molar-refractivity contribution is 5.98. The number of hydrogen-bond acceptors (Lipinski definition) is 6. The van der Waals surface area contributed by atoms with E-state index in [2.05, 4.69) is 37.2 Å². The standard InChI is InChI=1S/C22H23FN6O/c23-19-9-5-4-6-16(19)14-25-21(30)18-15-26-22(27-20(18)24)29-12-10-28(11-13-29)17-7-2-1-3-8-17/h1-9,15H,10-14H2,(H,25,30)(H2,24,26,27). The summed E-state index contributed by atoms with van der Waals surface area (Å²) in [5.41, 5.74) is 7.80. The quantitative estimate of drug-likeness (QED) is 0.677. The first-order chi connectivity index (χ1) is 14.6. The molecule has 0 spiro atoms. The van der Waals surface area contributed by atoms with E-state index >= 15 is 0 Å². The second-order valence-electron chi connectivity index (χ2n) is 7.05. The zero-order valence-electron chi connectivity index (χ0n) is 16.5. The first kappa shape index (κ1) is 19.6. The summed E-state index contributed by atoms with van der Waals surface area (Å²) < 4.78 is 13.7.